The van der Waals surface area contributed by atoms with Crippen LogP contribution in [0, 0.1) is 0 Å². The van der Waals surface area contributed by atoms with Gasteiger partial charge < -0.3 is 25.0 Å². The van der Waals surface area contributed by atoms with E-state index in [1.165, 1.54) is 0 Å². The molecule has 2 rings (SSSR count). The van der Waals surface area contributed by atoms with Gasteiger partial charge in [0, 0.05) is 26.2 Å². The average Bonchev–Trinajstić information content (AvgIpc) is 2.50. The van der Waals surface area contributed by atoms with Gasteiger partial charge in [-0.05, 0) is 26.0 Å². The minimum Gasteiger partial charge on any atom is -0.476 e. The van der Waals surface area contributed by atoms with Crippen molar-refractivity contribution in [2.24, 2.45) is 0 Å². The molecule has 1 fully saturated rings. The van der Waals surface area contributed by atoms with E-state index in [2.05, 4.69) is 9.88 Å². The second kappa shape index (κ2) is 7.01. The van der Waals surface area contributed by atoms with E-state index in [1.54, 1.807) is 11.0 Å². The minimum atomic E-state index is -0.252. The summed E-state index contributed by atoms with van der Waals surface area (Å²) in [6.45, 7) is 7.29. The Morgan fingerprint density at radius 3 is 2.57 bits per heavy atom. The van der Waals surface area contributed by atoms with Crippen molar-refractivity contribution in [3.8, 4) is 5.88 Å². The fourth-order valence-electron chi connectivity index (χ4n) is 2.20. The molecule has 1 amide bonds. The Labute approximate surface area is 124 Å². The first-order valence-corrected chi connectivity index (χ1v) is 7.21. The maximum absolute atomic E-state index is 11.7. The van der Waals surface area contributed by atoms with Crippen molar-refractivity contribution >= 4 is 17.6 Å². The molecule has 116 valence electrons. The Morgan fingerprint density at radius 2 is 1.95 bits per heavy atom. The number of nitrogens with zero attached hydrogens (tertiary/aromatic N) is 3. The van der Waals surface area contributed by atoms with Crippen molar-refractivity contribution in [2.75, 3.05) is 50.0 Å². The summed E-state index contributed by atoms with van der Waals surface area (Å²) >= 11 is 0. The molecule has 0 spiro atoms. The van der Waals surface area contributed by atoms with Gasteiger partial charge in [0.1, 0.15) is 5.82 Å². The van der Waals surface area contributed by atoms with Crippen LogP contribution < -0.4 is 15.4 Å². The Hall–Kier alpha value is -2.18. The van der Waals surface area contributed by atoms with Gasteiger partial charge in [0.25, 0.3) is 0 Å². The highest BCUT2D eigenvalue weighted by molar-refractivity contribution is 5.68. The van der Waals surface area contributed by atoms with Crippen molar-refractivity contribution in [1.82, 2.24) is 9.88 Å². The van der Waals surface area contributed by atoms with Gasteiger partial charge in [-0.3, -0.25) is 0 Å². The van der Waals surface area contributed by atoms with Crippen molar-refractivity contribution in [1.29, 1.82) is 0 Å². The van der Waals surface area contributed by atoms with E-state index >= 15 is 0 Å². The van der Waals surface area contributed by atoms with Gasteiger partial charge >= 0.3 is 6.09 Å². The topological polar surface area (TPSA) is 80.9 Å². The van der Waals surface area contributed by atoms with Crippen molar-refractivity contribution in [2.45, 2.75) is 13.8 Å². The summed E-state index contributed by atoms with van der Waals surface area (Å²) in [7, 11) is 0. The van der Waals surface area contributed by atoms with Crippen LogP contribution in [0.25, 0.3) is 0 Å². The first-order chi connectivity index (χ1) is 10.2. The lowest BCUT2D eigenvalue weighted by Gasteiger charge is -2.34. The molecular formula is C14H22N4O3. The lowest BCUT2D eigenvalue weighted by Crippen LogP contribution is -2.49. The Balaban J connectivity index is 1.99. The molecule has 1 aromatic rings. The van der Waals surface area contributed by atoms with E-state index in [1.807, 2.05) is 19.9 Å². The normalized spacial score (nSPS) is 15.0. The predicted molar refractivity (Wildman–Crippen MR) is 80.6 cm³/mol. The monoisotopic (exact) mass is 294 g/mol. The molecule has 21 heavy (non-hydrogen) atoms. The van der Waals surface area contributed by atoms with Gasteiger partial charge in [0.15, 0.2) is 0 Å². The molecule has 1 aliphatic rings. The highest BCUT2D eigenvalue weighted by atomic mass is 16.6. The number of aromatic nitrogens is 1. The van der Waals surface area contributed by atoms with Crippen LogP contribution in [-0.2, 0) is 4.74 Å². The van der Waals surface area contributed by atoms with E-state index in [0.717, 1.165) is 5.82 Å². The van der Waals surface area contributed by atoms with Gasteiger partial charge in [0.2, 0.25) is 5.88 Å². The molecule has 0 radical (unpaired) electrons. The second-order valence-corrected chi connectivity index (χ2v) is 4.67. The molecule has 0 aliphatic carbocycles. The zero-order chi connectivity index (χ0) is 15.2. The lowest BCUT2D eigenvalue weighted by atomic mass is 10.3. The van der Waals surface area contributed by atoms with Crippen LogP contribution in [0.1, 0.15) is 13.8 Å². The van der Waals surface area contributed by atoms with Gasteiger partial charge in [-0.15, -0.1) is 0 Å². The highest BCUT2D eigenvalue weighted by Crippen LogP contribution is 2.23. The van der Waals surface area contributed by atoms with E-state index in [0.29, 0.717) is 51.0 Å². The van der Waals surface area contributed by atoms with Crippen molar-refractivity contribution < 1.29 is 14.3 Å². The summed E-state index contributed by atoms with van der Waals surface area (Å²) in [5.41, 5.74) is 6.36. The fraction of sp³-hybridized carbons (Fsp3) is 0.571. The summed E-state index contributed by atoms with van der Waals surface area (Å²) in [4.78, 5) is 19.9. The van der Waals surface area contributed by atoms with Crippen molar-refractivity contribution in [3.05, 3.63) is 12.1 Å². The molecule has 0 unspecified atom stereocenters. The summed E-state index contributed by atoms with van der Waals surface area (Å²) in [5.74, 6) is 1.28. The number of hydrogen-bond donors (Lipinski definition) is 1. The fourth-order valence-corrected chi connectivity index (χ4v) is 2.20. The van der Waals surface area contributed by atoms with Crippen molar-refractivity contribution in [3.63, 3.8) is 0 Å². The summed E-state index contributed by atoms with van der Waals surface area (Å²) in [6, 6.07) is 3.67. The first-order valence-electron chi connectivity index (χ1n) is 7.21. The lowest BCUT2D eigenvalue weighted by molar-refractivity contribution is 0.105. The van der Waals surface area contributed by atoms with Crippen LogP contribution >= 0.6 is 0 Å². The zero-order valence-corrected chi connectivity index (χ0v) is 12.5. The number of hydrogen-bond acceptors (Lipinski definition) is 6. The van der Waals surface area contributed by atoms with Crippen LogP contribution in [0.2, 0.25) is 0 Å². The Kier molecular flexibility index (Phi) is 5.08. The van der Waals surface area contributed by atoms with Gasteiger partial charge in [-0.25, -0.2) is 4.79 Å². The molecule has 1 aromatic heterocycles. The SMILES string of the molecule is CCOC(=O)N1CCN(c2ccc(N)c(OCC)n2)CC1. The van der Waals surface area contributed by atoms with Crippen LogP contribution in [0.5, 0.6) is 5.88 Å². The standard InChI is InChI=1S/C14H22N4O3/c1-3-20-13-11(15)5-6-12(16-13)17-7-9-18(10-8-17)14(19)21-4-2/h5-6H,3-4,7-10,15H2,1-2H3. The predicted octanol–water partition coefficient (Wildman–Crippen LogP) is 1.34. The van der Waals surface area contributed by atoms with E-state index in [9.17, 15) is 4.79 Å². The Morgan fingerprint density at radius 1 is 1.24 bits per heavy atom. The van der Waals surface area contributed by atoms with Crippen LogP contribution in [0.3, 0.4) is 0 Å². The molecule has 2 heterocycles. The highest BCUT2D eigenvalue weighted by Gasteiger charge is 2.23. The molecule has 2 N–H and O–H groups in total. The second-order valence-electron chi connectivity index (χ2n) is 4.67. The molecule has 7 nitrogen and oxygen atoms in total. The number of nitrogen functional groups attached to an aromatic ring is 1. The quantitative estimate of drug-likeness (QED) is 0.902. The summed E-state index contributed by atoms with van der Waals surface area (Å²) in [5, 5.41) is 0. The third-order valence-corrected chi connectivity index (χ3v) is 3.29. The van der Waals surface area contributed by atoms with Gasteiger partial charge in [0.05, 0.1) is 18.9 Å². The number of nitrogens with two attached hydrogens (primary N) is 1. The average molecular weight is 294 g/mol. The molecular weight excluding hydrogens is 272 g/mol. The van der Waals surface area contributed by atoms with Crippen LogP contribution in [0.4, 0.5) is 16.3 Å². The van der Waals surface area contributed by atoms with Gasteiger partial charge in [-0.1, -0.05) is 0 Å². The molecule has 0 saturated carbocycles. The minimum absolute atomic E-state index is 0.252. The van der Waals surface area contributed by atoms with E-state index in [-0.39, 0.29) is 6.09 Å². The number of amides is 1. The number of carbonyl (C=O) groups excluding carboxylic acids is 1. The molecule has 1 saturated heterocycles. The maximum Gasteiger partial charge on any atom is 0.409 e. The zero-order valence-electron chi connectivity index (χ0n) is 12.5. The Bertz CT molecular complexity index is 487. The number of rotatable bonds is 4. The first kappa shape index (κ1) is 15.2. The summed E-state index contributed by atoms with van der Waals surface area (Å²) < 4.78 is 10.4. The van der Waals surface area contributed by atoms with E-state index < -0.39 is 0 Å². The molecule has 7 heteroatoms. The summed E-state index contributed by atoms with van der Waals surface area (Å²) in [6.07, 6.45) is -0.252. The maximum atomic E-state index is 11.7. The largest absolute Gasteiger partial charge is 0.476 e. The smallest absolute Gasteiger partial charge is 0.409 e. The van der Waals surface area contributed by atoms with Crippen LogP contribution in [0.15, 0.2) is 12.1 Å². The number of ether oxygens (including phenoxy) is 2. The number of pyridine rings is 1. The van der Waals surface area contributed by atoms with E-state index in [4.69, 9.17) is 15.2 Å². The van der Waals surface area contributed by atoms with Gasteiger partial charge in [-0.2, -0.15) is 4.98 Å². The number of carbonyl (C=O) groups is 1. The van der Waals surface area contributed by atoms with Crippen LogP contribution in [-0.4, -0.2) is 55.4 Å². The third-order valence-electron chi connectivity index (χ3n) is 3.29. The number of piperazine rings is 1. The molecule has 0 aromatic carbocycles. The molecule has 0 atom stereocenters. The molecule has 1 aliphatic heterocycles. The molecule has 0 bridgehead atoms. The number of anilines is 2. The third kappa shape index (κ3) is 3.68.